The van der Waals surface area contributed by atoms with Crippen molar-refractivity contribution >= 4 is 0 Å². The van der Waals surface area contributed by atoms with Crippen LogP contribution in [0.2, 0.25) is 0 Å². The first kappa shape index (κ1) is 12.8. The quantitative estimate of drug-likeness (QED) is 0.872. The van der Waals surface area contributed by atoms with Crippen molar-refractivity contribution in [3.8, 4) is 0 Å². The van der Waals surface area contributed by atoms with Gasteiger partial charge >= 0.3 is 0 Å². The zero-order chi connectivity index (χ0) is 12.8. The maximum absolute atomic E-state index is 5.91. The standard InChI is InChI=1S/C16H20N2/c1-2-13-3-5-15(6-4-13)16(12-17)11-14-7-9-18-10-8-14/h3-10,16H,2,11-12,17H2,1H3. The minimum Gasteiger partial charge on any atom is -0.330 e. The largest absolute Gasteiger partial charge is 0.330 e. The summed E-state index contributed by atoms with van der Waals surface area (Å²) in [7, 11) is 0. The van der Waals surface area contributed by atoms with Gasteiger partial charge < -0.3 is 5.73 Å². The molecule has 1 unspecified atom stereocenters. The average Bonchev–Trinajstić information content (AvgIpc) is 2.46. The summed E-state index contributed by atoms with van der Waals surface area (Å²) in [6.07, 6.45) is 5.73. The lowest BCUT2D eigenvalue weighted by Gasteiger charge is -2.15. The molecule has 0 saturated heterocycles. The summed E-state index contributed by atoms with van der Waals surface area (Å²) in [4.78, 5) is 4.04. The number of aromatic nitrogens is 1. The monoisotopic (exact) mass is 240 g/mol. The van der Waals surface area contributed by atoms with Crippen molar-refractivity contribution in [1.82, 2.24) is 4.98 Å². The molecule has 0 spiro atoms. The Morgan fingerprint density at radius 3 is 2.22 bits per heavy atom. The molecule has 1 atom stereocenters. The first-order valence-corrected chi connectivity index (χ1v) is 6.51. The normalized spacial score (nSPS) is 12.3. The third kappa shape index (κ3) is 3.17. The predicted octanol–water partition coefficient (Wildman–Crippen LogP) is 2.93. The molecular weight excluding hydrogens is 220 g/mol. The molecule has 0 radical (unpaired) electrons. The Morgan fingerprint density at radius 2 is 1.67 bits per heavy atom. The zero-order valence-electron chi connectivity index (χ0n) is 10.8. The fraction of sp³-hybridized carbons (Fsp3) is 0.312. The lowest BCUT2D eigenvalue weighted by atomic mass is 9.91. The lowest BCUT2D eigenvalue weighted by Crippen LogP contribution is -2.15. The second-order valence-electron chi connectivity index (χ2n) is 4.59. The van der Waals surface area contributed by atoms with Gasteiger partial charge in [-0.15, -0.1) is 0 Å². The molecule has 2 heteroatoms. The van der Waals surface area contributed by atoms with Crippen LogP contribution in [-0.4, -0.2) is 11.5 Å². The van der Waals surface area contributed by atoms with Crippen molar-refractivity contribution in [2.45, 2.75) is 25.7 Å². The minimum absolute atomic E-state index is 0.387. The Bertz CT molecular complexity index is 462. The first-order chi connectivity index (χ1) is 8.83. The molecule has 0 fully saturated rings. The van der Waals surface area contributed by atoms with Gasteiger partial charge in [0.1, 0.15) is 0 Å². The van der Waals surface area contributed by atoms with Crippen LogP contribution in [0.1, 0.15) is 29.5 Å². The van der Waals surface area contributed by atoms with Crippen molar-refractivity contribution in [3.05, 3.63) is 65.5 Å². The van der Waals surface area contributed by atoms with Crippen molar-refractivity contribution < 1.29 is 0 Å². The van der Waals surface area contributed by atoms with Crippen LogP contribution in [0.15, 0.2) is 48.8 Å². The highest BCUT2D eigenvalue weighted by molar-refractivity contribution is 5.27. The number of hydrogen-bond acceptors (Lipinski definition) is 2. The van der Waals surface area contributed by atoms with Gasteiger partial charge in [0, 0.05) is 18.3 Å². The van der Waals surface area contributed by atoms with Crippen LogP contribution in [0.3, 0.4) is 0 Å². The van der Waals surface area contributed by atoms with E-state index in [9.17, 15) is 0 Å². The molecule has 1 heterocycles. The number of nitrogens with zero attached hydrogens (tertiary/aromatic N) is 1. The van der Waals surface area contributed by atoms with Gasteiger partial charge in [-0.2, -0.15) is 0 Å². The predicted molar refractivity (Wildman–Crippen MR) is 75.6 cm³/mol. The molecule has 2 N–H and O–H groups in total. The highest BCUT2D eigenvalue weighted by atomic mass is 14.6. The summed E-state index contributed by atoms with van der Waals surface area (Å²) < 4.78 is 0. The van der Waals surface area contributed by atoms with Crippen molar-refractivity contribution in [2.24, 2.45) is 5.73 Å². The zero-order valence-corrected chi connectivity index (χ0v) is 10.8. The maximum Gasteiger partial charge on any atom is 0.0270 e. The van der Waals surface area contributed by atoms with Gasteiger partial charge in [0.2, 0.25) is 0 Å². The summed E-state index contributed by atoms with van der Waals surface area (Å²) >= 11 is 0. The highest BCUT2D eigenvalue weighted by Gasteiger charge is 2.10. The second kappa shape index (κ2) is 6.31. The van der Waals surface area contributed by atoms with E-state index in [0.29, 0.717) is 12.5 Å². The van der Waals surface area contributed by atoms with Crippen LogP contribution >= 0.6 is 0 Å². The molecule has 0 aliphatic rings. The van der Waals surface area contributed by atoms with E-state index in [4.69, 9.17) is 5.73 Å². The van der Waals surface area contributed by atoms with Crippen molar-refractivity contribution in [1.29, 1.82) is 0 Å². The Labute approximate surface area is 109 Å². The molecule has 0 aliphatic heterocycles. The molecular formula is C16H20N2. The molecule has 94 valence electrons. The van der Waals surface area contributed by atoms with E-state index in [2.05, 4.69) is 48.3 Å². The number of benzene rings is 1. The molecule has 2 rings (SSSR count). The van der Waals surface area contributed by atoms with Gasteiger partial charge in [-0.3, -0.25) is 4.98 Å². The molecule has 1 aromatic heterocycles. The van der Waals surface area contributed by atoms with Gasteiger partial charge in [-0.05, 0) is 48.2 Å². The lowest BCUT2D eigenvalue weighted by molar-refractivity contribution is 0.693. The summed E-state index contributed by atoms with van der Waals surface area (Å²) in [6.45, 7) is 2.85. The Morgan fingerprint density at radius 1 is 1.00 bits per heavy atom. The average molecular weight is 240 g/mol. The Kier molecular flexibility index (Phi) is 4.48. The fourth-order valence-electron chi connectivity index (χ4n) is 2.17. The van der Waals surface area contributed by atoms with Gasteiger partial charge in [-0.25, -0.2) is 0 Å². The Hall–Kier alpha value is -1.67. The number of aryl methyl sites for hydroxylation is 1. The van der Waals surface area contributed by atoms with Crippen LogP contribution < -0.4 is 5.73 Å². The SMILES string of the molecule is CCc1ccc(C(CN)Cc2ccncc2)cc1. The summed E-state index contributed by atoms with van der Waals surface area (Å²) in [6, 6.07) is 12.9. The van der Waals surface area contributed by atoms with Gasteiger partial charge in [-0.1, -0.05) is 31.2 Å². The molecule has 18 heavy (non-hydrogen) atoms. The van der Waals surface area contributed by atoms with Crippen molar-refractivity contribution in [3.63, 3.8) is 0 Å². The van der Waals surface area contributed by atoms with Gasteiger partial charge in [0.25, 0.3) is 0 Å². The fourth-order valence-corrected chi connectivity index (χ4v) is 2.17. The van der Waals surface area contributed by atoms with Crippen LogP contribution in [0.4, 0.5) is 0 Å². The van der Waals surface area contributed by atoms with Crippen LogP contribution in [-0.2, 0) is 12.8 Å². The van der Waals surface area contributed by atoms with E-state index in [1.807, 2.05) is 12.4 Å². The van der Waals surface area contributed by atoms with Crippen LogP contribution in [0, 0.1) is 0 Å². The molecule has 0 bridgehead atoms. The molecule has 1 aromatic carbocycles. The van der Waals surface area contributed by atoms with E-state index in [1.54, 1.807) is 0 Å². The Balaban J connectivity index is 2.12. The number of rotatable bonds is 5. The summed E-state index contributed by atoms with van der Waals surface area (Å²) in [5.74, 6) is 0.387. The number of nitrogens with two attached hydrogens (primary N) is 1. The highest BCUT2D eigenvalue weighted by Crippen LogP contribution is 2.20. The van der Waals surface area contributed by atoms with E-state index in [-0.39, 0.29) is 0 Å². The topological polar surface area (TPSA) is 38.9 Å². The maximum atomic E-state index is 5.91. The molecule has 0 aliphatic carbocycles. The van der Waals surface area contributed by atoms with Crippen LogP contribution in [0.5, 0.6) is 0 Å². The van der Waals surface area contributed by atoms with Gasteiger partial charge in [0.15, 0.2) is 0 Å². The van der Waals surface area contributed by atoms with E-state index >= 15 is 0 Å². The molecule has 2 aromatic rings. The summed E-state index contributed by atoms with van der Waals surface area (Å²) in [5.41, 5.74) is 9.90. The third-order valence-electron chi connectivity index (χ3n) is 3.38. The van der Waals surface area contributed by atoms with E-state index < -0.39 is 0 Å². The van der Waals surface area contributed by atoms with Gasteiger partial charge in [0.05, 0.1) is 0 Å². The van der Waals surface area contributed by atoms with E-state index in [0.717, 1.165) is 12.8 Å². The summed E-state index contributed by atoms with van der Waals surface area (Å²) in [5, 5.41) is 0. The minimum atomic E-state index is 0.387. The first-order valence-electron chi connectivity index (χ1n) is 6.51. The molecule has 0 saturated carbocycles. The third-order valence-corrected chi connectivity index (χ3v) is 3.38. The number of hydrogen-bond donors (Lipinski definition) is 1. The molecule has 2 nitrogen and oxygen atoms in total. The second-order valence-corrected chi connectivity index (χ2v) is 4.59. The molecule has 0 amide bonds. The number of pyridine rings is 1. The smallest absolute Gasteiger partial charge is 0.0270 e. The van der Waals surface area contributed by atoms with E-state index in [1.165, 1.54) is 16.7 Å². The van der Waals surface area contributed by atoms with Crippen LogP contribution in [0.25, 0.3) is 0 Å². The van der Waals surface area contributed by atoms with Crippen molar-refractivity contribution in [2.75, 3.05) is 6.54 Å².